The average Bonchev–Trinajstić information content (AvgIpc) is 3.03. The van der Waals surface area contributed by atoms with E-state index >= 15 is 0 Å². The van der Waals surface area contributed by atoms with Crippen LogP contribution in [-0.4, -0.2) is 19.5 Å². The summed E-state index contributed by atoms with van der Waals surface area (Å²) in [5.41, 5.74) is 2.50. The van der Waals surface area contributed by atoms with Gasteiger partial charge in [-0.05, 0) is 36.4 Å². The molecular weight excluding hydrogens is 364 g/mol. The molecule has 5 nitrogen and oxygen atoms in total. The van der Waals surface area contributed by atoms with Gasteiger partial charge < -0.3 is 5.32 Å². The Morgan fingerprint density at radius 2 is 1.88 bits per heavy atom. The normalized spacial score (nSPS) is 11.0. The van der Waals surface area contributed by atoms with Crippen LogP contribution in [0, 0.1) is 5.82 Å². The molecule has 0 radical (unpaired) electrons. The Balaban J connectivity index is 1.77. The van der Waals surface area contributed by atoms with Gasteiger partial charge in [-0.1, -0.05) is 29.3 Å². The van der Waals surface area contributed by atoms with Gasteiger partial charge in [-0.2, -0.15) is 0 Å². The highest BCUT2D eigenvalue weighted by Crippen LogP contribution is 2.26. The van der Waals surface area contributed by atoms with Crippen molar-refractivity contribution in [2.75, 3.05) is 5.32 Å². The van der Waals surface area contributed by atoms with Crippen molar-refractivity contribution in [3.05, 3.63) is 71.0 Å². The lowest BCUT2D eigenvalue weighted by Crippen LogP contribution is -1.98. The van der Waals surface area contributed by atoms with E-state index in [-0.39, 0.29) is 5.02 Å². The third-order valence-corrected chi connectivity index (χ3v) is 4.14. The van der Waals surface area contributed by atoms with Gasteiger partial charge in [0, 0.05) is 10.7 Å². The minimum atomic E-state index is -0.513. The van der Waals surface area contributed by atoms with E-state index in [9.17, 15) is 4.39 Å². The van der Waals surface area contributed by atoms with Gasteiger partial charge in [-0.25, -0.2) is 19.3 Å². The van der Waals surface area contributed by atoms with Crippen LogP contribution in [0.2, 0.25) is 10.0 Å². The molecule has 0 bridgehead atoms. The second kappa shape index (κ2) is 6.31. The first-order valence-corrected chi connectivity index (χ1v) is 8.03. The molecule has 0 amide bonds. The molecular formula is C17H10Cl2FN5. The van der Waals surface area contributed by atoms with Crippen LogP contribution in [0.5, 0.6) is 0 Å². The van der Waals surface area contributed by atoms with Crippen molar-refractivity contribution in [2.24, 2.45) is 0 Å². The van der Waals surface area contributed by atoms with E-state index in [1.54, 1.807) is 23.0 Å². The minimum Gasteiger partial charge on any atom is -0.338 e. The van der Waals surface area contributed by atoms with E-state index in [0.717, 1.165) is 5.69 Å². The molecule has 0 fully saturated rings. The van der Waals surface area contributed by atoms with Crippen molar-refractivity contribution >= 4 is 45.9 Å². The molecule has 0 saturated carbocycles. The number of anilines is 2. The topological polar surface area (TPSA) is 55.6 Å². The maximum Gasteiger partial charge on any atom is 0.170 e. The Bertz CT molecular complexity index is 1080. The second-order valence-electron chi connectivity index (χ2n) is 5.24. The van der Waals surface area contributed by atoms with E-state index in [1.807, 2.05) is 18.2 Å². The highest BCUT2D eigenvalue weighted by atomic mass is 35.5. The van der Waals surface area contributed by atoms with E-state index in [1.165, 1.54) is 18.5 Å². The standard InChI is InChI=1S/C17H10Cl2FN5/c18-10-2-1-3-12(6-10)25-9-23-15-16(21-8-22-17(15)25)24-11-4-5-13(19)14(20)7-11/h1-9H,(H,21,22,24). The fourth-order valence-corrected chi connectivity index (χ4v) is 2.75. The molecule has 0 aliphatic rings. The number of hydrogen-bond donors (Lipinski definition) is 1. The number of fused-ring (bicyclic) bond motifs is 1. The highest BCUT2D eigenvalue weighted by Gasteiger charge is 2.12. The lowest BCUT2D eigenvalue weighted by atomic mass is 10.3. The van der Waals surface area contributed by atoms with Gasteiger partial charge in [-0.3, -0.25) is 4.57 Å². The molecule has 8 heteroatoms. The molecule has 4 aromatic rings. The molecule has 2 aromatic carbocycles. The molecule has 0 unspecified atom stereocenters. The smallest absolute Gasteiger partial charge is 0.170 e. The summed E-state index contributed by atoms with van der Waals surface area (Å²) < 4.78 is 15.4. The summed E-state index contributed by atoms with van der Waals surface area (Å²) in [7, 11) is 0. The summed E-state index contributed by atoms with van der Waals surface area (Å²) in [5, 5.41) is 3.71. The van der Waals surface area contributed by atoms with Crippen LogP contribution >= 0.6 is 23.2 Å². The maximum atomic E-state index is 13.6. The van der Waals surface area contributed by atoms with E-state index in [4.69, 9.17) is 23.2 Å². The molecule has 2 heterocycles. The number of nitrogens with one attached hydrogen (secondary N) is 1. The first-order valence-electron chi connectivity index (χ1n) is 7.28. The number of benzene rings is 2. The van der Waals surface area contributed by atoms with Crippen LogP contribution in [0.4, 0.5) is 15.9 Å². The van der Waals surface area contributed by atoms with Crippen LogP contribution in [0.25, 0.3) is 16.9 Å². The van der Waals surface area contributed by atoms with Gasteiger partial charge in [0.1, 0.15) is 18.5 Å². The monoisotopic (exact) mass is 373 g/mol. The molecule has 0 saturated heterocycles. The van der Waals surface area contributed by atoms with Crippen LogP contribution < -0.4 is 5.32 Å². The zero-order valence-corrected chi connectivity index (χ0v) is 14.1. The van der Waals surface area contributed by atoms with Gasteiger partial charge in [-0.15, -0.1) is 0 Å². The molecule has 0 aliphatic heterocycles. The summed E-state index contributed by atoms with van der Waals surface area (Å²) in [6.07, 6.45) is 3.05. The molecule has 2 aromatic heterocycles. The van der Waals surface area contributed by atoms with E-state index < -0.39 is 5.82 Å². The van der Waals surface area contributed by atoms with Crippen LogP contribution in [0.3, 0.4) is 0 Å². The molecule has 1 N–H and O–H groups in total. The quantitative estimate of drug-likeness (QED) is 0.548. The maximum absolute atomic E-state index is 13.6. The summed E-state index contributed by atoms with van der Waals surface area (Å²) in [5.74, 6) is -0.0473. The number of halogens is 3. The Morgan fingerprint density at radius 1 is 1.00 bits per heavy atom. The summed E-state index contributed by atoms with van der Waals surface area (Å²) in [4.78, 5) is 12.9. The van der Waals surface area contributed by atoms with Gasteiger partial charge in [0.25, 0.3) is 0 Å². The predicted molar refractivity (Wildman–Crippen MR) is 96.4 cm³/mol. The van der Waals surface area contributed by atoms with Gasteiger partial charge in [0.2, 0.25) is 0 Å². The van der Waals surface area contributed by atoms with Crippen LogP contribution in [-0.2, 0) is 0 Å². The molecule has 0 atom stereocenters. The Kier molecular flexibility index (Phi) is 3.99. The molecule has 124 valence electrons. The van der Waals surface area contributed by atoms with Gasteiger partial charge in [0.15, 0.2) is 17.0 Å². The van der Waals surface area contributed by atoms with Crippen molar-refractivity contribution < 1.29 is 4.39 Å². The lowest BCUT2D eigenvalue weighted by molar-refractivity contribution is 0.629. The predicted octanol–water partition coefficient (Wildman–Crippen LogP) is 5.01. The lowest BCUT2D eigenvalue weighted by Gasteiger charge is -2.07. The minimum absolute atomic E-state index is 0.0589. The van der Waals surface area contributed by atoms with Crippen molar-refractivity contribution in [1.82, 2.24) is 19.5 Å². The fraction of sp³-hybridized carbons (Fsp3) is 0. The van der Waals surface area contributed by atoms with Crippen LogP contribution in [0.15, 0.2) is 55.1 Å². The Hall–Kier alpha value is -2.70. The number of imidazole rings is 1. The van der Waals surface area contributed by atoms with E-state index in [2.05, 4.69) is 20.3 Å². The third kappa shape index (κ3) is 3.01. The van der Waals surface area contributed by atoms with Gasteiger partial charge in [0.05, 0.1) is 10.7 Å². The average molecular weight is 374 g/mol. The number of nitrogens with zero attached hydrogens (tertiary/aromatic N) is 4. The largest absolute Gasteiger partial charge is 0.338 e. The number of aromatic nitrogens is 4. The Morgan fingerprint density at radius 3 is 2.68 bits per heavy atom. The zero-order valence-electron chi connectivity index (χ0n) is 12.6. The van der Waals surface area contributed by atoms with Crippen molar-refractivity contribution in [2.45, 2.75) is 0 Å². The molecule has 25 heavy (non-hydrogen) atoms. The molecule has 4 rings (SSSR count). The molecule has 0 spiro atoms. The summed E-state index contributed by atoms with van der Waals surface area (Å²) in [6, 6.07) is 11.8. The zero-order chi connectivity index (χ0) is 17.4. The van der Waals surface area contributed by atoms with Crippen molar-refractivity contribution in [1.29, 1.82) is 0 Å². The fourth-order valence-electron chi connectivity index (χ4n) is 2.45. The Labute approximate surface area is 152 Å². The second-order valence-corrected chi connectivity index (χ2v) is 6.09. The first kappa shape index (κ1) is 15.8. The van der Waals surface area contributed by atoms with Gasteiger partial charge >= 0.3 is 0 Å². The number of hydrogen-bond acceptors (Lipinski definition) is 4. The van der Waals surface area contributed by atoms with E-state index in [0.29, 0.717) is 27.7 Å². The summed E-state index contributed by atoms with van der Waals surface area (Å²) in [6.45, 7) is 0. The summed E-state index contributed by atoms with van der Waals surface area (Å²) >= 11 is 11.8. The SMILES string of the molecule is Fc1cc(Nc2ncnc3c2ncn3-c2cccc(Cl)c2)ccc1Cl. The highest BCUT2D eigenvalue weighted by molar-refractivity contribution is 6.31. The third-order valence-electron chi connectivity index (χ3n) is 3.60. The van der Waals surface area contributed by atoms with Crippen LogP contribution in [0.1, 0.15) is 0 Å². The first-order chi connectivity index (χ1) is 12.1. The van der Waals surface area contributed by atoms with Crippen molar-refractivity contribution in [3.63, 3.8) is 0 Å². The van der Waals surface area contributed by atoms with Crippen molar-refractivity contribution in [3.8, 4) is 5.69 Å². The molecule has 0 aliphatic carbocycles. The number of rotatable bonds is 3.